The molecule has 19 heavy (non-hydrogen) atoms. The molecule has 0 aromatic carbocycles. The second kappa shape index (κ2) is 8.07. The summed E-state index contributed by atoms with van der Waals surface area (Å²) >= 11 is 0. The van der Waals surface area contributed by atoms with Crippen molar-refractivity contribution in [1.82, 2.24) is 10.2 Å². The van der Waals surface area contributed by atoms with Gasteiger partial charge in [-0.05, 0) is 51.9 Å². The highest BCUT2D eigenvalue weighted by atomic mass is 19.4. The predicted molar refractivity (Wildman–Crippen MR) is 69.0 cm³/mol. The number of likely N-dealkylation sites (tertiary alicyclic amines) is 1. The van der Waals surface area contributed by atoms with Crippen LogP contribution in [0.1, 0.15) is 32.6 Å². The summed E-state index contributed by atoms with van der Waals surface area (Å²) in [6.07, 6.45) is -1.84. The van der Waals surface area contributed by atoms with E-state index in [1.54, 1.807) is 0 Å². The Morgan fingerprint density at radius 3 is 2.42 bits per heavy atom. The molecule has 1 heterocycles. The van der Waals surface area contributed by atoms with E-state index in [2.05, 4.69) is 17.1 Å². The van der Waals surface area contributed by atoms with E-state index in [9.17, 15) is 18.3 Å². The van der Waals surface area contributed by atoms with Gasteiger partial charge in [0.25, 0.3) is 0 Å². The third-order valence-corrected chi connectivity index (χ3v) is 3.75. The molecular weight excluding hydrogens is 257 g/mol. The molecule has 1 fully saturated rings. The monoisotopic (exact) mass is 282 g/mol. The fourth-order valence-corrected chi connectivity index (χ4v) is 2.43. The van der Waals surface area contributed by atoms with Gasteiger partial charge >= 0.3 is 6.18 Å². The van der Waals surface area contributed by atoms with Gasteiger partial charge < -0.3 is 15.3 Å². The van der Waals surface area contributed by atoms with Gasteiger partial charge in [0.15, 0.2) is 0 Å². The lowest BCUT2D eigenvalue weighted by molar-refractivity contribution is -0.185. The van der Waals surface area contributed by atoms with Gasteiger partial charge in [0.1, 0.15) is 0 Å². The maximum atomic E-state index is 12.5. The molecule has 1 saturated heterocycles. The van der Waals surface area contributed by atoms with Crippen molar-refractivity contribution in [3.63, 3.8) is 0 Å². The number of aliphatic hydroxyl groups excluding tert-OH is 1. The third kappa shape index (κ3) is 6.10. The van der Waals surface area contributed by atoms with E-state index in [0.717, 1.165) is 25.9 Å². The lowest BCUT2D eigenvalue weighted by Crippen LogP contribution is -2.42. The highest BCUT2D eigenvalue weighted by Crippen LogP contribution is 2.34. The Kier molecular flexibility index (Phi) is 7.10. The molecule has 0 aromatic rings. The summed E-state index contributed by atoms with van der Waals surface area (Å²) < 4.78 is 37.5. The summed E-state index contributed by atoms with van der Waals surface area (Å²) in [5.74, 6) is -1.13. The molecule has 0 spiro atoms. The summed E-state index contributed by atoms with van der Waals surface area (Å²) in [7, 11) is 0. The van der Waals surface area contributed by atoms with Gasteiger partial charge in [0.05, 0.1) is 12.5 Å². The molecule has 2 N–H and O–H groups in total. The zero-order valence-corrected chi connectivity index (χ0v) is 11.5. The van der Waals surface area contributed by atoms with Gasteiger partial charge in [0, 0.05) is 6.04 Å². The Morgan fingerprint density at radius 2 is 1.95 bits per heavy atom. The molecule has 0 bridgehead atoms. The van der Waals surface area contributed by atoms with Gasteiger partial charge in [-0.15, -0.1) is 0 Å². The molecule has 0 amide bonds. The zero-order valence-electron chi connectivity index (χ0n) is 11.5. The molecule has 6 heteroatoms. The number of halogens is 3. The van der Waals surface area contributed by atoms with E-state index in [0.29, 0.717) is 13.1 Å². The number of hydrogen-bond donors (Lipinski definition) is 2. The smallest absolute Gasteiger partial charge is 0.391 e. The maximum absolute atomic E-state index is 12.5. The summed E-state index contributed by atoms with van der Waals surface area (Å²) in [6, 6.07) is 0.0558. The largest absolute Gasteiger partial charge is 0.395 e. The topological polar surface area (TPSA) is 35.5 Å². The number of alkyl halides is 3. The Bertz CT molecular complexity index is 241. The van der Waals surface area contributed by atoms with Crippen LogP contribution in [0.4, 0.5) is 13.2 Å². The first kappa shape index (κ1) is 16.7. The first-order chi connectivity index (χ1) is 8.97. The second-order valence-electron chi connectivity index (χ2n) is 5.28. The van der Waals surface area contributed by atoms with Crippen molar-refractivity contribution in [2.24, 2.45) is 5.92 Å². The number of nitrogens with zero attached hydrogens (tertiary/aromatic N) is 1. The van der Waals surface area contributed by atoms with Crippen molar-refractivity contribution in [2.45, 2.75) is 44.8 Å². The minimum Gasteiger partial charge on any atom is -0.395 e. The van der Waals surface area contributed by atoms with Crippen LogP contribution in [-0.2, 0) is 0 Å². The molecule has 0 aliphatic carbocycles. The van der Waals surface area contributed by atoms with Gasteiger partial charge in [-0.25, -0.2) is 0 Å². The van der Waals surface area contributed by atoms with Crippen molar-refractivity contribution in [3.8, 4) is 0 Å². The lowest BCUT2D eigenvalue weighted by atomic mass is 9.96. The SMILES string of the molecule is CCCNC(CO)CCN1CCC(C(F)(F)F)CC1. The molecular formula is C13H25F3N2O. The van der Waals surface area contributed by atoms with Crippen LogP contribution in [0.25, 0.3) is 0 Å². The minimum absolute atomic E-state index is 0.0558. The van der Waals surface area contributed by atoms with Crippen LogP contribution in [0, 0.1) is 5.92 Å². The highest BCUT2D eigenvalue weighted by Gasteiger charge is 2.40. The van der Waals surface area contributed by atoms with E-state index in [4.69, 9.17) is 0 Å². The first-order valence-electron chi connectivity index (χ1n) is 7.10. The predicted octanol–water partition coefficient (Wildman–Crippen LogP) is 2.01. The number of piperidine rings is 1. The van der Waals surface area contributed by atoms with Crippen molar-refractivity contribution in [2.75, 3.05) is 32.8 Å². The van der Waals surface area contributed by atoms with E-state index >= 15 is 0 Å². The summed E-state index contributed by atoms with van der Waals surface area (Å²) in [5.41, 5.74) is 0. The molecule has 1 atom stereocenters. The number of nitrogens with one attached hydrogen (secondary N) is 1. The molecule has 0 aromatic heterocycles. The van der Waals surface area contributed by atoms with Crippen molar-refractivity contribution in [1.29, 1.82) is 0 Å². The lowest BCUT2D eigenvalue weighted by Gasteiger charge is -2.33. The van der Waals surface area contributed by atoms with Crippen LogP contribution >= 0.6 is 0 Å². The Labute approximate surface area is 113 Å². The third-order valence-electron chi connectivity index (χ3n) is 3.75. The first-order valence-corrected chi connectivity index (χ1v) is 7.10. The van der Waals surface area contributed by atoms with Crippen molar-refractivity contribution < 1.29 is 18.3 Å². The summed E-state index contributed by atoms with van der Waals surface area (Å²) in [6.45, 7) is 4.78. The molecule has 1 aliphatic heterocycles. The molecule has 1 aliphatic rings. The molecule has 1 rings (SSSR count). The van der Waals surface area contributed by atoms with E-state index in [-0.39, 0.29) is 25.5 Å². The zero-order chi connectivity index (χ0) is 14.3. The van der Waals surface area contributed by atoms with Crippen LogP contribution in [0.15, 0.2) is 0 Å². The quantitative estimate of drug-likeness (QED) is 0.750. The fourth-order valence-electron chi connectivity index (χ4n) is 2.43. The number of aliphatic hydroxyl groups is 1. The molecule has 1 unspecified atom stereocenters. The average Bonchev–Trinajstić information content (AvgIpc) is 2.38. The highest BCUT2D eigenvalue weighted by molar-refractivity contribution is 4.78. The molecule has 114 valence electrons. The Hall–Kier alpha value is -0.330. The van der Waals surface area contributed by atoms with E-state index in [1.165, 1.54) is 0 Å². The van der Waals surface area contributed by atoms with Crippen molar-refractivity contribution >= 4 is 0 Å². The van der Waals surface area contributed by atoms with E-state index in [1.807, 2.05) is 0 Å². The van der Waals surface area contributed by atoms with Crippen LogP contribution in [-0.4, -0.2) is 55.0 Å². The van der Waals surface area contributed by atoms with Gasteiger partial charge in [-0.2, -0.15) is 13.2 Å². The van der Waals surface area contributed by atoms with Gasteiger partial charge in [-0.1, -0.05) is 6.92 Å². The summed E-state index contributed by atoms with van der Waals surface area (Å²) in [4.78, 5) is 2.07. The second-order valence-corrected chi connectivity index (χ2v) is 5.28. The average molecular weight is 282 g/mol. The van der Waals surface area contributed by atoms with Gasteiger partial charge in [-0.3, -0.25) is 0 Å². The van der Waals surface area contributed by atoms with Crippen LogP contribution < -0.4 is 5.32 Å². The minimum atomic E-state index is -4.04. The maximum Gasteiger partial charge on any atom is 0.391 e. The number of hydrogen-bond acceptors (Lipinski definition) is 3. The normalized spacial score (nSPS) is 20.7. The van der Waals surface area contributed by atoms with Crippen molar-refractivity contribution in [3.05, 3.63) is 0 Å². The summed E-state index contributed by atoms with van der Waals surface area (Å²) in [5, 5.41) is 12.4. The molecule has 0 radical (unpaired) electrons. The van der Waals surface area contributed by atoms with Gasteiger partial charge in [0.2, 0.25) is 0 Å². The fraction of sp³-hybridized carbons (Fsp3) is 1.00. The van der Waals surface area contributed by atoms with Crippen LogP contribution in [0.5, 0.6) is 0 Å². The van der Waals surface area contributed by atoms with Crippen LogP contribution in [0.2, 0.25) is 0 Å². The standard InChI is InChI=1S/C13H25F3N2O/c1-2-6-17-12(10-19)5-9-18-7-3-11(4-8-18)13(14,15)16/h11-12,17,19H,2-10H2,1H3. The van der Waals surface area contributed by atoms with E-state index < -0.39 is 12.1 Å². The van der Waals surface area contributed by atoms with Crippen LogP contribution in [0.3, 0.4) is 0 Å². The molecule has 0 saturated carbocycles. The Balaban J connectivity index is 2.21. The molecule has 3 nitrogen and oxygen atoms in total. The Morgan fingerprint density at radius 1 is 1.32 bits per heavy atom. The number of rotatable bonds is 7.